The molecule has 0 aliphatic carbocycles. The number of carbonyl (C=O) groups is 3. The summed E-state index contributed by atoms with van der Waals surface area (Å²) in [4.78, 5) is 39.0. The molecule has 1 atom stereocenters. The van der Waals surface area contributed by atoms with Crippen LogP contribution in [-0.2, 0) is 16.1 Å². The van der Waals surface area contributed by atoms with E-state index in [2.05, 4.69) is 5.10 Å². The Kier molecular flexibility index (Phi) is 4.51. The molecule has 1 unspecified atom stereocenters. The van der Waals surface area contributed by atoms with Crippen LogP contribution in [0.4, 0.5) is 5.69 Å². The predicted octanol–water partition coefficient (Wildman–Crippen LogP) is 0.845. The fourth-order valence-electron chi connectivity index (χ4n) is 2.87. The molecule has 130 valence electrons. The van der Waals surface area contributed by atoms with Crippen LogP contribution in [0.2, 0.25) is 0 Å². The van der Waals surface area contributed by atoms with Crippen LogP contribution in [0.5, 0.6) is 0 Å². The van der Waals surface area contributed by atoms with Gasteiger partial charge in [0.25, 0.3) is 0 Å². The minimum Gasteiger partial charge on any atom is -0.478 e. The quantitative estimate of drug-likeness (QED) is 0.869. The van der Waals surface area contributed by atoms with Crippen LogP contribution in [0, 0.1) is 0 Å². The number of amides is 2. The molecular weight excluding hydrogens is 324 g/mol. The molecule has 3 rings (SSSR count). The van der Waals surface area contributed by atoms with Gasteiger partial charge in [0.1, 0.15) is 12.6 Å². The summed E-state index contributed by atoms with van der Waals surface area (Å²) < 4.78 is 1.26. The number of likely N-dealkylation sites (N-methyl/N-ethyl adjacent to an activating group) is 1. The summed E-state index contributed by atoms with van der Waals surface area (Å²) in [6.07, 6.45) is 3.03. The monoisotopic (exact) mass is 342 g/mol. The summed E-state index contributed by atoms with van der Waals surface area (Å²) in [6.45, 7) is 0.439. The Bertz CT molecular complexity index is 802. The maximum absolute atomic E-state index is 12.6. The molecule has 0 radical (unpaired) electrons. The average Bonchev–Trinajstić information content (AvgIpc) is 3.22. The largest absolute Gasteiger partial charge is 0.478 e. The molecule has 0 spiro atoms. The zero-order valence-corrected chi connectivity index (χ0v) is 13.7. The normalized spacial score (nSPS) is 16.9. The molecule has 1 fully saturated rings. The van der Waals surface area contributed by atoms with Crippen molar-refractivity contribution in [3.8, 4) is 0 Å². The van der Waals surface area contributed by atoms with Gasteiger partial charge in [0.15, 0.2) is 0 Å². The second kappa shape index (κ2) is 6.76. The Labute approximate surface area is 144 Å². The maximum atomic E-state index is 12.6. The molecule has 1 saturated heterocycles. The molecule has 1 aliphatic heterocycles. The fourth-order valence-corrected chi connectivity index (χ4v) is 2.87. The Morgan fingerprint density at radius 2 is 2.04 bits per heavy atom. The van der Waals surface area contributed by atoms with Gasteiger partial charge in [0, 0.05) is 25.5 Å². The lowest BCUT2D eigenvalue weighted by atomic mass is 10.2. The van der Waals surface area contributed by atoms with E-state index >= 15 is 0 Å². The molecule has 8 heteroatoms. The smallest absolute Gasteiger partial charge is 0.338 e. The number of hydrogen-bond donors (Lipinski definition) is 1. The van der Waals surface area contributed by atoms with Crippen LogP contribution in [-0.4, -0.2) is 57.2 Å². The number of carbonyl (C=O) groups excluding carboxylic acids is 2. The van der Waals surface area contributed by atoms with Crippen LogP contribution in [0.3, 0.4) is 0 Å². The number of aromatic carboxylic acids is 1. The predicted molar refractivity (Wildman–Crippen MR) is 89.2 cm³/mol. The fraction of sp³-hybridized carbons (Fsp3) is 0.294. The molecule has 1 N–H and O–H groups in total. The zero-order valence-electron chi connectivity index (χ0n) is 13.7. The standard InChI is InChI=1S/C17H18N4O4/c1-19(15(22)11-20-10-12(9-18-20)17(24)25)14-7-8-21(16(14)23)13-5-3-2-4-6-13/h2-6,9-10,14H,7-8,11H2,1H3,(H,24,25). The van der Waals surface area contributed by atoms with Crippen molar-refractivity contribution in [2.24, 2.45) is 0 Å². The van der Waals surface area contributed by atoms with Gasteiger partial charge in [0.2, 0.25) is 11.8 Å². The van der Waals surface area contributed by atoms with Crippen molar-refractivity contribution in [3.05, 3.63) is 48.3 Å². The minimum atomic E-state index is -1.10. The van der Waals surface area contributed by atoms with Gasteiger partial charge in [-0.2, -0.15) is 5.10 Å². The molecule has 25 heavy (non-hydrogen) atoms. The van der Waals surface area contributed by atoms with Gasteiger partial charge >= 0.3 is 5.97 Å². The highest BCUT2D eigenvalue weighted by Crippen LogP contribution is 2.23. The molecular formula is C17H18N4O4. The first-order valence-electron chi connectivity index (χ1n) is 7.85. The Morgan fingerprint density at radius 1 is 1.32 bits per heavy atom. The average molecular weight is 342 g/mol. The van der Waals surface area contributed by atoms with E-state index in [4.69, 9.17) is 5.11 Å². The van der Waals surface area contributed by atoms with Gasteiger partial charge < -0.3 is 14.9 Å². The van der Waals surface area contributed by atoms with Crippen molar-refractivity contribution in [2.45, 2.75) is 19.0 Å². The third-order valence-corrected chi connectivity index (χ3v) is 4.28. The minimum absolute atomic E-state index is 0.0163. The third kappa shape index (κ3) is 3.37. The number of carboxylic acid groups (broad SMARTS) is 1. The first-order chi connectivity index (χ1) is 12.0. The van der Waals surface area contributed by atoms with Crippen molar-refractivity contribution in [2.75, 3.05) is 18.5 Å². The number of aromatic nitrogens is 2. The van der Waals surface area contributed by atoms with Crippen molar-refractivity contribution in [3.63, 3.8) is 0 Å². The number of hydrogen-bond acceptors (Lipinski definition) is 4. The van der Waals surface area contributed by atoms with E-state index in [-0.39, 0.29) is 23.9 Å². The topological polar surface area (TPSA) is 95.7 Å². The molecule has 0 bridgehead atoms. The summed E-state index contributed by atoms with van der Waals surface area (Å²) >= 11 is 0. The van der Waals surface area contributed by atoms with Crippen LogP contribution in [0.1, 0.15) is 16.8 Å². The number of nitrogens with zero attached hydrogens (tertiary/aromatic N) is 4. The second-order valence-electron chi connectivity index (χ2n) is 5.87. The van der Waals surface area contributed by atoms with Crippen molar-refractivity contribution < 1.29 is 19.5 Å². The summed E-state index contributed by atoms with van der Waals surface area (Å²) in [5, 5.41) is 12.7. The van der Waals surface area contributed by atoms with Gasteiger partial charge in [-0.3, -0.25) is 14.3 Å². The molecule has 2 heterocycles. The molecule has 2 amide bonds. The van der Waals surface area contributed by atoms with E-state index in [1.807, 2.05) is 30.3 Å². The van der Waals surface area contributed by atoms with E-state index in [1.54, 1.807) is 11.9 Å². The molecule has 2 aromatic rings. The van der Waals surface area contributed by atoms with Crippen molar-refractivity contribution in [1.29, 1.82) is 0 Å². The van der Waals surface area contributed by atoms with Crippen LogP contribution in [0.15, 0.2) is 42.7 Å². The summed E-state index contributed by atoms with van der Waals surface area (Å²) in [7, 11) is 1.58. The van der Waals surface area contributed by atoms with Gasteiger partial charge in [-0.15, -0.1) is 0 Å². The highest BCUT2D eigenvalue weighted by Gasteiger charge is 2.37. The van der Waals surface area contributed by atoms with Gasteiger partial charge in [-0.25, -0.2) is 4.79 Å². The lowest BCUT2D eigenvalue weighted by molar-refractivity contribution is -0.137. The highest BCUT2D eigenvalue weighted by atomic mass is 16.4. The van der Waals surface area contributed by atoms with E-state index in [1.165, 1.54) is 22.0 Å². The van der Waals surface area contributed by atoms with Crippen molar-refractivity contribution >= 4 is 23.5 Å². The lowest BCUT2D eigenvalue weighted by Gasteiger charge is -2.24. The van der Waals surface area contributed by atoms with Gasteiger partial charge in [-0.05, 0) is 18.6 Å². The number of carboxylic acids is 1. The first-order valence-corrected chi connectivity index (χ1v) is 7.85. The highest BCUT2D eigenvalue weighted by molar-refractivity contribution is 6.01. The molecule has 8 nitrogen and oxygen atoms in total. The molecule has 1 aromatic carbocycles. The number of anilines is 1. The second-order valence-corrected chi connectivity index (χ2v) is 5.87. The third-order valence-electron chi connectivity index (χ3n) is 4.28. The Balaban J connectivity index is 1.66. The van der Waals surface area contributed by atoms with E-state index < -0.39 is 12.0 Å². The van der Waals surface area contributed by atoms with Gasteiger partial charge in [-0.1, -0.05) is 18.2 Å². The maximum Gasteiger partial charge on any atom is 0.338 e. The summed E-state index contributed by atoms with van der Waals surface area (Å²) in [5.41, 5.74) is 0.830. The van der Waals surface area contributed by atoms with E-state index in [0.717, 1.165) is 5.69 Å². The Hall–Kier alpha value is -3.16. The van der Waals surface area contributed by atoms with E-state index in [9.17, 15) is 14.4 Å². The number of rotatable bonds is 5. The van der Waals surface area contributed by atoms with Crippen LogP contribution in [0.25, 0.3) is 0 Å². The molecule has 0 saturated carbocycles. The Morgan fingerprint density at radius 3 is 2.68 bits per heavy atom. The van der Waals surface area contributed by atoms with E-state index in [0.29, 0.717) is 13.0 Å². The number of benzene rings is 1. The zero-order chi connectivity index (χ0) is 18.0. The molecule has 1 aliphatic rings. The summed E-state index contributed by atoms with van der Waals surface area (Å²) in [5.74, 6) is -1.52. The van der Waals surface area contributed by atoms with Gasteiger partial charge in [0.05, 0.1) is 11.8 Å². The van der Waals surface area contributed by atoms with Crippen LogP contribution < -0.4 is 4.90 Å². The first kappa shape index (κ1) is 16.7. The summed E-state index contributed by atoms with van der Waals surface area (Å²) in [6, 6.07) is 8.80. The van der Waals surface area contributed by atoms with Crippen LogP contribution >= 0.6 is 0 Å². The molecule has 1 aromatic heterocycles. The van der Waals surface area contributed by atoms with Crippen molar-refractivity contribution in [1.82, 2.24) is 14.7 Å². The lowest BCUT2D eigenvalue weighted by Crippen LogP contribution is -2.44. The SMILES string of the molecule is CN(C(=O)Cn1cc(C(=O)O)cn1)C1CCN(c2ccccc2)C1=O. The number of para-hydroxylation sites is 1.